The lowest BCUT2D eigenvalue weighted by molar-refractivity contribution is 0.0696. The van der Waals surface area contributed by atoms with Gasteiger partial charge in [0, 0.05) is 0 Å². The summed E-state index contributed by atoms with van der Waals surface area (Å²) in [5, 5.41) is 9.49. The van der Waals surface area contributed by atoms with E-state index in [2.05, 4.69) is 0 Å². The molecule has 0 amide bonds. The van der Waals surface area contributed by atoms with Crippen molar-refractivity contribution in [2.45, 2.75) is 13.8 Å². The highest BCUT2D eigenvalue weighted by Crippen LogP contribution is 2.30. The average Bonchev–Trinajstić information content (AvgIpc) is 2.32. The van der Waals surface area contributed by atoms with E-state index in [1.165, 1.54) is 6.07 Å². The van der Waals surface area contributed by atoms with E-state index < -0.39 is 5.97 Å². The van der Waals surface area contributed by atoms with Crippen LogP contribution in [-0.2, 0) is 0 Å². The first-order valence-corrected chi connectivity index (χ1v) is 6.13. The first-order chi connectivity index (χ1) is 8.97. The maximum atomic E-state index is 10.9. The van der Waals surface area contributed by atoms with Gasteiger partial charge < -0.3 is 9.84 Å². The lowest BCUT2D eigenvalue weighted by atomic mass is 10.1. The fraction of sp³-hybridized carbons (Fsp3) is 0.133. The van der Waals surface area contributed by atoms with Gasteiger partial charge in [-0.3, -0.25) is 0 Å². The number of aryl methyl sites for hydroxylation is 2. The van der Waals surface area contributed by atoms with Gasteiger partial charge in [0.05, 0.1) is 10.6 Å². The van der Waals surface area contributed by atoms with Gasteiger partial charge in [0.1, 0.15) is 11.5 Å². The molecule has 0 aromatic heterocycles. The molecular weight excluding hydrogens is 264 g/mol. The Morgan fingerprint density at radius 3 is 2.47 bits per heavy atom. The molecule has 2 rings (SSSR count). The van der Waals surface area contributed by atoms with Crippen molar-refractivity contribution in [2.24, 2.45) is 0 Å². The Kier molecular flexibility index (Phi) is 3.76. The lowest BCUT2D eigenvalue weighted by Crippen LogP contribution is -1.99. The van der Waals surface area contributed by atoms with Crippen molar-refractivity contribution in [1.29, 1.82) is 0 Å². The van der Waals surface area contributed by atoms with Gasteiger partial charge >= 0.3 is 5.97 Å². The molecular formula is C15H13ClO3. The summed E-state index contributed by atoms with van der Waals surface area (Å²) in [5.41, 5.74) is 1.96. The van der Waals surface area contributed by atoms with Gasteiger partial charge in [-0.15, -0.1) is 0 Å². The quantitative estimate of drug-likeness (QED) is 0.901. The molecule has 0 aliphatic carbocycles. The zero-order valence-corrected chi connectivity index (χ0v) is 11.4. The third-order valence-corrected chi connectivity index (χ3v) is 3.04. The summed E-state index contributed by atoms with van der Waals surface area (Å²) >= 11 is 6.08. The molecule has 0 spiro atoms. The summed E-state index contributed by atoms with van der Waals surface area (Å²) in [4.78, 5) is 10.9. The third kappa shape index (κ3) is 3.06. The summed E-state index contributed by atoms with van der Waals surface area (Å²) in [6, 6.07) is 10.3. The van der Waals surface area contributed by atoms with Crippen LogP contribution in [0.25, 0.3) is 0 Å². The van der Waals surface area contributed by atoms with Gasteiger partial charge in [0.25, 0.3) is 0 Å². The van der Waals surface area contributed by atoms with Crippen LogP contribution < -0.4 is 4.74 Å². The van der Waals surface area contributed by atoms with Crippen molar-refractivity contribution >= 4 is 17.6 Å². The van der Waals surface area contributed by atoms with E-state index in [9.17, 15) is 4.79 Å². The number of ether oxygens (including phenoxy) is 1. The highest BCUT2D eigenvalue weighted by Gasteiger charge is 2.09. The minimum absolute atomic E-state index is 0.266. The monoisotopic (exact) mass is 276 g/mol. The van der Waals surface area contributed by atoms with Crippen molar-refractivity contribution in [2.75, 3.05) is 0 Å². The Balaban J connectivity index is 2.29. The predicted molar refractivity (Wildman–Crippen MR) is 74.4 cm³/mol. The van der Waals surface area contributed by atoms with Crippen LogP contribution in [0.4, 0.5) is 0 Å². The molecule has 0 saturated carbocycles. The van der Waals surface area contributed by atoms with E-state index >= 15 is 0 Å². The average molecular weight is 277 g/mol. The number of carbonyl (C=O) groups is 1. The zero-order valence-electron chi connectivity index (χ0n) is 10.6. The number of carboxylic acids is 1. The van der Waals surface area contributed by atoms with Crippen LogP contribution in [0.15, 0.2) is 36.4 Å². The fourth-order valence-electron chi connectivity index (χ4n) is 1.76. The predicted octanol–water partition coefficient (Wildman–Crippen LogP) is 4.45. The van der Waals surface area contributed by atoms with Crippen LogP contribution in [0.3, 0.4) is 0 Å². The van der Waals surface area contributed by atoms with E-state index in [1.54, 1.807) is 25.1 Å². The molecule has 0 heterocycles. The van der Waals surface area contributed by atoms with E-state index in [0.717, 1.165) is 5.56 Å². The highest BCUT2D eigenvalue weighted by atomic mass is 35.5. The number of hydrogen-bond acceptors (Lipinski definition) is 2. The number of aromatic carboxylic acids is 1. The molecule has 0 fully saturated rings. The summed E-state index contributed by atoms with van der Waals surface area (Å²) < 4.78 is 5.65. The normalized spacial score (nSPS) is 10.3. The minimum Gasteiger partial charge on any atom is -0.478 e. The standard InChI is InChI=1S/C15H13ClO3/c1-9-3-6-14(13(16)7-9)19-11-4-5-12(15(17)18)10(2)8-11/h3-8H,1-2H3,(H,17,18). The van der Waals surface area contributed by atoms with Crippen molar-refractivity contribution in [3.05, 3.63) is 58.1 Å². The molecule has 3 nitrogen and oxygen atoms in total. The maximum absolute atomic E-state index is 10.9. The molecule has 98 valence electrons. The molecule has 0 bridgehead atoms. The fourth-order valence-corrected chi connectivity index (χ4v) is 2.03. The largest absolute Gasteiger partial charge is 0.478 e. The second kappa shape index (κ2) is 5.33. The molecule has 0 saturated heterocycles. The highest BCUT2D eigenvalue weighted by molar-refractivity contribution is 6.32. The molecule has 2 aromatic carbocycles. The van der Waals surface area contributed by atoms with Gasteiger partial charge in [-0.25, -0.2) is 4.79 Å². The zero-order chi connectivity index (χ0) is 14.0. The topological polar surface area (TPSA) is 46.5 Å². The Labute approximate surface area is 116 Å². The Bertz CT molecular complexity index is 635. The number of hydrogen-bond donors (Lipinski definition) is 1. The molecule has 0 aliphatic heterocycles. The SMILES string of the molecule is Cc1ccc(Oc2ccc(C(=O)O)c(C)c2)c(Cl)c1. The van der Waals surface area contributed by atoms with Gasteiger partial charge in [0.15, 0.2) is 0 Å². The van der Waals surface area contributed by atoms with Gasteiger partial charge in [-0.1, -0.05) is 17.7 Å². The first-order valence-electron chi connectivity index (χ1n) is 5.75. The Morgan fingerprint density at radius 2 is 1.89 bits per heavy atom. The van der Waals surface area contributed by atoms with E-state index in [1.807, 2.05) is 19.1 Å². The Hall–Kier alpha value is -2.00. The van der Waals surface area contributed by atoms with E-state index in [0.29, 0.717) is 22.1 Å². The van der Waals surface area contributed by atoms with Crippen molar-refractivity contribution in [3.63, 3.8) is 0 Å². The van der Waals surface area contributed by atoms with Crippen LogP contribution in [-0.4, -0.2) is 11.1 Å². The van der Waals surface area contributed by atoms with Gasteiger partial charge in [0.2, 0.25) is 0 Å². The van der Waals surface area contributed by atoms with Crippen LogP contribution in [0, 0.1) is 13.8 Å². The van der Waals surface area contributed by atoms with E-state index in [4.69, 9.17) is 21.4 Å². The summed E-state index contributed by atoms with van der Waals surface area (Å²) in [7, 11) is 0. The number of halogens is 1. The summed E-state index contributed by atoms with van der Waals surface area (Å²) in [5.74, 6) is 0.167. The second-order valence-corrected chi connectivity index (χ2v) is 4.73. The van der Waals surface area contributed by atoms with Gasteiger partial charge in [-0.05, 0) is 55.3 Å². The lowest BCUT2D eigenvalue weighted by Gasteiger charge is -2.09. The second-order valence-electron chi connectivity index (χ2n) is 4.32. The number of carboxylic acid groups (broad SMARTS) is 1. The van der Waals surface area contributed by atoms with Crippen molar-refractivity contribution in [1.82, 2.24) is 0 Å². The molecule has 0 radical (unpaired) electrons. The van der Waals surface area contributed by atoms with Crippen LogP contribution in [0.2, 0.25) is 5.02 Å². The Morgan fingerprint density at radius 1 is 1.16 bits per heavy atom. The molecule has 19 heavy (non-hydrogen) atoms. The molecule has 1 N–H and O–H groups in total. The van der Waals surface area contributed by atoms with Crippen molar-refractivity contribution in [3.8, 4) is 11.5 Å². The molecule has 0 unspecified atom stereocenters. The maximum Gasteiger partial charge on any atom is 0.335 e. The first kappa shape index (κ1) is 13.4. The third-order valence-electron chi connectivity index (χ3n) is 2.74. The molecule has 2 aromatic rings. The number of benzene rings is 2. The summed E-state index contributed by atoms with van der Waals surface area (Å²) in [6.45, 7) is 3.68. The van der Waals surface area contributed by atoms with Crippen molar-refractivity contribution < 1.29 is 14.6 Å². The van der Waals surface area contributed by atoms with Crippen LogP contribution in [0.1, 0.15) is 21.5 Å². The van der Waals surface area contributed by atoms with Crippen LogP contribution in [0.5, 0.6) is 11.5 Å². The molecule has 0 atom stereocenters. The van der Waals surface area contributed by atoms with Crippen LogP contribution >= 0.6 is 11.6 Å². The number of rotatable bonds is 3. The van der Waals surface area contributed by atoms with E-state index in [-0.39, 0.29) is 5.56 Å². The summed E-state index contributed by atoms with van der Waals surface area (Å²) in [6.07, 6.45) is 0. The molecule has 4 heteroatoms. The smallest absolute Gasteiger partial charge is 0.335 e. The van der Waals surface area contributed by atoms with Gasteiger partial charge in [-0.2, -0.15) is 0 Å². The molecule has 0 aliphatic rings. The minimum atomic E-state index is -0.947.